The number of thiazole rings is 1. The molecule has 0 amide bonds. The van der Waals surface area contributed by atoms with E-state index in [0.29, 0.717) is 11.7 Å². The van der Waals surface area contributed by atoms with Crippen LogP contribution in [0.3, 0.4) is 0 Å². The molecular formula is C22H23N3O2S. The molecule has 5 nitrogen and oxygen atoms in total. The van der Waals surface area contributed by atoms with Crippen LogP contribution < -0.4 is 4.80 Å². The maximum atomic E-state index is 11.4. The molecule has 0 saturated heterocycles. The molecule has 144 valence electrons. The number of hydrogen-bond acceptors (Lipinski definition) is 4. The van der Waals surface area contributed by atoms with Gasteiger partial charge in [-0.3, -0.25) is 10.1 Å². The largest absolute Gasteiger partial charge is 0.313 e. The second kappa shape index (κ2) is 8.52. The first-order chi connectivity index (χ1) is 13.7. The number of aromatic nitrogens is 1. The van der Waals surface area contributed by atoms with Crippen molar-refractivity contribution in [2.75, 3.05) is 0 Å². The molecule has 28 heavy (non-hydrogen) atoms. The lowest BCUT2D eigenvalue weighted by Crippen LogP contribution is -2.21. The molecule has 4 rings (SSSR count). The molecule has 0 bridgehead atoms. The van der Waals surface area contributed by atoms with Crippen molar-refractivity contribution in [2.45, 2.75) is 44.6 Å². The SMILES string of the molecule is O=[N+]([O-])c1ccccc1N=c1scc(-c2ccccc2)n1C1CCCCCC1. The summed E-state index contributed by atoms with van der Waals surface area (Å²) in [5, 5.41) is 13.5. The van der Waals surface area contributed by atoms with Gasteiger partial charge < -0.3 is 4.57 Å². The third-order valence-corrected chi connectivity index (χ3v) is 6.14. The minimum atomic E-state index is -0.361. The van der Waals surface area contributed by atoms with Crippen molar-refractivity contribution in [3.05, 3.63) is 74.9 Å². The van der Waals surface area contributed by atoms with Crippen LogP contribution in [0.2, 0.25) is 0 Å². The van der Waals surface area contributed by atoms with Crippen molar-refractivity contribution in [1.82, 2.24) is 4.57 Å². The Morgan fingerprint density at radius 1 is 0.964 bits per heavy atom. The highest BCUT2D eigenvalue weighted by molar-refractivity contribution is 7.07. The van der Waals surface area contributed by atoms with Gasteiger partial charge in [-0.1, -0.05) is 68.1 Å². The third-order valence-electron chi connectivity index (χ3n) is 5.30. The predicted molar refractivity (Wildman–Crippen MR) is 113 cm³/mol. The van der Waals surface area contributed by atoms with Gasteiger partial charge in [0.25, 0.3) is 5.69 Å². The molecule has 1 heterocycles. The predicted octanol–water partition coefficient (Wildman–Crippen LogP) is 6.25. The van der Waals surface area contributed by atoms with Gasteiger partial charge in [0.2, 0.25) is 0 Å². The van der Waals surface area contributed by atoms with E-state index < -0.39 is 0 Å². The standard InChI is InChI=1S/C22H23N3O2S/c26-25(27)20-15-9-8-14-19(20)23-22-24(18-12-6-1-2-7-13-18)21(16-28-22)17-10-4-3-5-11-17/h3-5,8-11,14-16,18H,1-2,6-7,12-13H2. The molecule has 0 N–H and O–H groups in total. The quantitative estimate of drug-likeness (QED) is 0.299. The molecule has 3 aromatic rings. The molecule has 0 aliphatic heterocycles. The first kappa shape index (κ1) is 18.6. The fraction of sp³-hybridized carbons (Fsp3) is 0.318. The molecule has 0 spiro atoms. The van der Waals surface area contributed by atoms with Gasteiger partial charge in [0.1, 0.15) is 5.69 Å². The van der Waals surface area contributed by atoms with Crippen LogP contribution in [0.15, 0.2) is 65.0 Å². The van der Waals surface area contributed by atoms with Crippen LogP contribution in [-0.4, -0.2) is 9.49 Å². The van der Waals surface area contributed by atoms with Crippen molar-refractivity contribution in [3.8, 4) is 11.3 Å². The molecule has 1 aliphatic carbocycles. The number of rotatable bonds is 4. The lowest BCUT2D eigenvalue weighted by Gasteiger charge is -2.20. The Morgan fingerprint density at radius 2 is 1.64 bits per heavy atom. The smallest absolute Gasteiger partial charge is 0.294 e. The van der Waals surface area contributed by atoms with E-state index in [-0.39, 0.29) is 10.6 Å². The number of para-hydroxylation sites is 2. The first-order valence-electron chi connectivity index (χ1n) is 9.77. The zero-order valence-electron chi connectivity index (χ0n) is 15.7. The summed E-state index contributed by atoms with van der Waals surface area (Å²) in [6, 6.07) is 17.4. The fourth-order valence-electron chi connectivity index (χ4n) is 3.91. The van der Waals surface area contributed by atoms with Crippen molar-refractivity contribution in [3.63, 3.8) is 0 Å². The average Bonchev–Trinajstić information content (AvgIpc) is 2.95. The van der Waals surface area contributed by atoms with Crippen molar-refractivity contribution >= 4 is 22.7 Å². The van der Waals surface area contributed by atoms with Gasteiger partial charge in [0.15, 0.2) is 4.80 Å². The Morgan fingerprint density at radius 3 is 2.36 bits per heavy atom. The summed E-state index contributed by atoms with van der Waals surface area (Å²) < 4.78 is 2.32. The van der Waals surface area contributed by atoms with Gasteiger partial charge in [-0.2, -0.15) is 0 Å². The molecular weight excluding hydrogens is 370 g/mol. The van der Waals surface area contributed by atoms with Gasteiger partial charge in [-0.15, -0.1) is 11.3 Å². The summed E-state index contributed by atoms with van der Waals surface area (Å²) in [5.41, 5.74) is 2.77. The number of nitrogens with zero attached hydrogens (tertiary/aromatic N) is 3. The van der Waals surface area contributed by atoms with Crippen molar-refractivity contribution in [2.24, 2.45) is 4.99 Å². The van der Waals surface area contributed by atoms with Gasteiger partial charge in [-0.05, 0) is 24.5 Å². The van der Waals surface area contributed by atoms with Gasteiger partial charge in [0, 0.05) is 17.5 Å². The molecule has 1 saturated carbocycles. The molecule has 1 aliphatic rings. The van der Waals surface area contributed by atoms with Crippen molar-refractivity contribution < 1.29 is 4.92 Å². The zero-order valence-corrected chi connectivity index (χ0v) is 16.5. The first-order valence-corrected chi connectivity index (χ1v) is 10.7. The average molecular weight is 394 g/mol. The maximum Gasteiger partial charge on any atom is 0.294 e. The van der Waals surface area contributed by atoms with Crippen LogP contribution >= 0.6 is 11.3 Å². The van der Waals surface area contributed by atoms with Crippen LogP contribution in [0.5, 0.6) is 0 Å². The number of nitro benzene ring substituents is 1. The minimum Gasteiger partial charge on any atom is -0.313 e. The number of hydrogen-bond donors (Lipinski definition) is 0. The molecule has 0 atom stereocenters. The highest BCUT2D eigenvalue weighted by atomic mass is 32.1. The Hall–Kier alpha value is -2.73. The highest BCUT2D eigenvalue weighted by Crippen LogP contribution is 2.32. The van der Waals surface area contributed by atoms with E-state index in [0.717, 1.165) is 28.9 Å². The summed E-state index contributed by atoms with van der Waals surface area (Å²) in [4.78, 5) is 16.6. The van der Waals surface area contributed by atoms with Crippen LogP contribution in [0.25, 0.3) is 11.3 Å². The summed E-state index contributed by atoms with van der Waals surface area (Å²) in [5.74, 6) is 0. The van der Waals surface area contributed by atoms with Gasteiger partial charge in [0.05, 0.1) is 10.6 Å². The molecule has 1 aromatic heterocycles. The Labute approximate surface area is 168 Å². The topological polar surface area (TPSA) is 60.4 Å². The van der Waals surface area contributed by atoms with Gasteiger partial charge in [-0.25, -0.2) is 4.99 Å². The molecule has 2 aromatic carbocycles. The zero-order chi connectivity index (χ0) is 19.3. The highest BCUT2D eigenvalue weighted by Gasteiger charge is 2.20. The normalized spacial score (nSPS) is 16.1. The minimum absolute atomic E-state index is 0.0459. The van der Waals surface area contributed by atoms with E-state index >= 15 is 0 Å². The van der Waals surface area contributed by atoms with Crippen LogP contribution in [0.1, 0.15) is 44.6 Å². The monoisotopic (exact) mass is 393 g/mol. The lowest BCUT2D eigenvalue weighted by atomic mass is 10.1. The van der Waals surface area contributed by atoms with E-state index in [2.05, 4.69) is 22.1 Å². The summed E-state index contributed by atoms with van der Waals surface area (Å²) >= 11 is 1.56. The molecule has 0 radical (unpaired) electrons. The molecule has 1 fully saturated rings. The number of benzene rings is 2. The second-order valence-corrected chi connectivity index (χ2v) is 7.98. The molecule has 0 unspecified atom stereocenters. The summed E-state index contributed by atoms with van der Waals surface area (Å²) in [6.07, 6.45) is 7.23. The maximum absolute atomic E-state index is 11.4. The summed E-state index contributed by atoms with van der Waals surface area (Å²) in [6.45, 7) is 0. The molecule has 6 heteroatoms. The Bertz CT molecular complexity index is 1020. The summed E-state index contributed by atoms with van der Waals surface area (Å²) in [7, 11) is 0. The van der Waals surface area contributed by atoms with E-state index in [4.69, 9.17) is 4.99 Å². The van der Waals surface area contributed by atoms with Crippen LogP contribution in [0.4, 0.5) is 11.4 Å². The van der Waals surface area contributed by atoms with Crippen molar-refractivity contribution in [1.29, 1.82) is 0 Å². The fourth-order valence-corrected chi connectivity index (χ4v) is 4.89. The number of nitro groups is 1. The van der Waals surface area contributed by atoms with E-state index in [1.54, 1.807) is 29.5 Å². The van der Waals surface area contributed by atoms with Gasteiger partial charge >= 0.3 is 0 Å². The van der Waals surface area contributed by atoms with E-state index in [1.165, 1.54) is 31.7 Å². The van der Waals surface area contributed by atoms with E-state index in [1.807, 2.05) is 18.2 Å². The van der Waals surface area contributed by atoms with Crippen LogP contribution in [-0.2, 0) is 0 Å². The Balaban J connectivity index is 1.88. The Kier molecular flexibility index (Phi) is 5.67. The second-order valence-electron chi connectivity index (χ2n) is 7.14. The van der Waals surface area contributed by atoms with E-state index in [9.17, 15) is 10.1 Å². The third kappa shape index (κ3) is 3.92. The lowest BCUT2D eigenvalue weighted by molar-refractivity contribution is -0.384. The van der Waals surface area contributed by atoms with Crippen LogP contribution in [0, 0.1) is 10.1 Å².